The Morgan fingerprint density at radius 2 is 1.69 bits per heavy atom. The first-order chi connectivity index (χ1) is 18.6. The van der Waals surface area contributed by atoms with E-state index < -0.39 is 11.2 Å². The molecule has 2 bridgehead atoms. The Balaban J connectivity index is 0.000000200. The molecule has 6 N–H and O–H groups in total. The van der Waals surface area contributed by atoms with Crippen molar-refractivity contribution >= 4 is 5.69 Å². The smallest absolute Gasteiger partial charge is 0.0911 e. The standard InChI is InChI=1S/C14H18O2.C9H13N.C6H7N.C6H14/c1-3-13(2,15)10-4-5-11-9-7-14(16,8-9)12(11)6-10;1-8(10)7-9-5-3-2-4-6-9;7-6-4-2-1-3-5-6;1-3-5-6-4-2/h4-6,9,15-16H,3,7-8H2,1-2H3;2-3,5H,1,4,6-7,10H2;1-5H,7H2;3-6H2,1-2H3. The van der Waals surface area contributed by atoms with Gasteiger partial charge in [0.1, 0.15) is 0 Å². The lowest BCUT2D eigenvalue weighted by molar-refractivity contribution is -0.0322. The number of hydrogen-bond acceptors (Lipinski definition) is 4. The molecule has 0 radical (unpaired) electrons. The van der Waals surface area contributed by atoms with Gasteiger partial charge >= 0.3 is 0 Å². The van der Waals surface area contributed by atoms with Crippen LogP contribution in [0.25, 0.3) is 0 Å². The van der Waals surface area contributed by atoms with Gasteiger partial charge in [0.2, 0.25) is 0 Å². The minimum Gasteiger partial charge on any atom is -0.402 e. The van der Waals surface area contributed by atoms with E-state index in [0.29, 0.717) is 12.3 Å². The highest BCUT2D eigenvalue weighted by Crippen LogP contribution is 2.60. The van der Waals surface area contributed by atoms with Crippen LogP contribution < -0.4 is 11.5 Å². The van der Waals surface area contributed by atoms with Gasteiger partial charge in [-0.15, -0.1) is 0 Å². The Morgan fingerprint density at radius 1 is 1.05 bits per heavy atom. The first-order valence-corrected chi connectivity index (χ1v) is 14.7. The minimum absolute atomic E-state index is 0.556. The maximum atomic E-state index is 10.3. The van der Waals surface area contributed by atoms with Gasteiger partial charge in [-0.05, 0) is 79.8 Å². The van der Waals surface area contributed by atoms with Gasteiger partial charge in [0.15, 0.2) is 0 Å². The Kier molecular flexibility index (Phi) is 13.0. The van der Waals surface area contributed by atoms with Gasteiger partial charge in [-0.25, -0.2) is 0 Å². The summed E-state index contributed by atoms with van der Waals surface area (Å²) >= 11 is 0. The number of anilines is 1. The van der Waals surface area contributed by atoms with E-state index in [2.05, 4.69) is 44.7 Å². The molecule has 1 unspecified atom stereocenters. The van der Waals surface area contributed by atoms with Crippen molar-refractivity contribution in [1.82, 2.24) is 0 Å². The predicted molar refractivity (Wildman–Crippen MR) is 167 cm³/mol. The zero-order valence-electron chi connectivity index (χ0n) is 24.8. The summed E-state index contributed by atoms with van der Waals surface area (Å²) in [4.78, 5) is 0. The van der Waals surface area contributed by atoms with Crippen LogP contribution >= 0.6 is 0 Å². The highest BCUT2D eigenvalue weighted by atomic mass is 16.3. The zero-order chi connectivity index (χ0) is 28.9. The molecule has 1 atom stereocenters. The Hall–Kier alpha value is -2.82. The second-order valence-corrected chi connectivity index (χ2v) is 11.3. The van der Waals surface area contributed by atoms with Crippen molar-refractivity contribution in [3.63, 3.8) is 0 Å². The zero-order valence-corrected chi connectivity index (χ0v) is 24.8. The molecule has 0 aliphatic heterocycles. The minimum atomic E-state index is -0.779. The molecule has 0 heterocycles. The summed E-state index contributed by atoms with van der Waals surface area (Å²) in [6.07, 6.45) is 17.5. The molecule has 39 heavy (non-hydrogen) atoms. The molecule has 2 aromatic carbocycles. The number of benzene rings is 2. The molecule has 1 fully saturated rings. The first kappa shape index (κ1) is 32.4. The van der Waals surface area contributed by atoms with Crippen LogP contribution in [-0.4, -0.2) is 10.2 Å². The highest BCUT2D eigenvalue weighted by molar-refractivity contribution is 5.49. The lowest BCUT2D eigenvalue weighted by Crippen LogP contribution is -2.31. The normalized spacial score (nSPS) is 21.2. The fourth-order valence-electron chi connectivity index (χ4n) is 5.09. The van der Waals surface area contributed by atoms with Gasteiger partial charge in [-0.2, -0.15) is 0 Å². The predicted octanol–water partition coefficient (Wildman–Crippen LogP) is 8.36. The second-order valence-electron chi connectivity index (χ2n) is 11.3. The van der Waals surface area contributed by atoms with E-state index in [1.807, 2.05) is 56.3 Å². The summed E-state index contributed by atoms with van der Waals surface area (Å²) in [6.45, 7) is 11.9. The summed E-state index contributed by atoms with van der Waals surface area (Å²) in [5, 5.41) is 20.5. The molecule has 0 amide bonds. The van der Waals surface area contributed by atoms with E-state index >= 15 is 0 Å². The highest BCUT2D eigenvalue weighted by Gasteiger charge is 2.53. The SMILES string of the molecule is C=C(N)CC1=CC=CCC1.CCC(C)(O)c1ccc2c(c1)C1(O)CC2C1.CCCCCC.Nc1ccccc1. The molecule has 4 aliphatic carbocycles. The van der Waals surface area contributed by atoms with Crippen molar-refractivity contribution < 1.29 is 10.2 Å². The average molecular weight is 533 g/mol. The fourth-order valence-corrected chi connectivity index (χ4v) is 5.09. The van der Waals surface area contributed by atoms with Gasteiger partial charge in [-0.3, -0.25) is 0 Å². The largest absolute Gasteiger partial charge is 0.402 e. The lowest BCUT2D eigenvalue weighted by atomic mass is 9.77. The molecule has 2 aromatic rings. The number of rotatable bonds is 7. The van der Waals surface area contributed by atoms with E-state index in [1.54, 1.807) is 0 Å². The van der Waals surface area contributed by atoms with Gasteiger partial charge in [-0.1, -0.05) is 107 Å². The Labute approximate surface area is 237 Å². The molecule has 0 saturated heterocycles. The van der Waals surface area contributed by atoms with Crippen LogP contribution in [0, 0.1) is 0 Å². The van der Waals surface area contributed by atoms with Crippen LogP contribution in [0.3, 0.4) is 0 Å². The Bertz CT molecular complexity index is 1080. The van der Waals surface area contributed by atoms with Crippen molar-refractivity contribution in [3.8, 4) is 0 Å². The molecule has 1 saturated carbocycles. The van der Waals surface area contributed by atoms with Crippen LogP contribution in [-0.2, 0) is 11.2 Å². The van der Waals surface area contributed by atoms with E-state index in [4.69, 9.17) is 11.5 Å². The topological polar surface area (TPSA) is 92.5 Å². The quantitative estimate of drug-likeness (QED) is 0.213. The number of aliphatic hydroxyl groups is 2. The molecular weight excluding hydrogens is 480 g/mol. The van der Waals surface area contributed by atoms with Crippen LogP contribution in [0.1, 0.15) is 115 Å². The molecular formula is C35H52N2O2. The number of para-hydroxylation sites is 1. The first-order valence-electron chi connectivity index (χ1n) is 14.7. The van der Waals surface area contributed by atoms with Crippen LogP contribution in [0.5, 0.6) is 0 Å². The van der Waals surface area contributed by atoms with Crippen LogP contribution in [0.2, 0.25) is 0 Å². The molecule has 214 valence electrons. The van der Waals surface area contributed by atoms with E-state index in [0.717, 1.165) is 54.6 Å². The Morgan fingerprint density at radius 3 is 2.15 bits per heavy atom. The van der Waals surface area contributed by atoms with Gasteiger partial charge < -0.3 is 21.7 Å². The van der Waals surface area contributed by atoms with Crippen molar-refractivity contribution in [1.29, 1.82) is 0 Å². The number of nitrogen functional groups attached to an aromatic ring is 1. The number of unbranched alkanes of at least 4 members (excludes halogenated alkanes) is 3. The summed E-state index contributed by atoms with van der Waals surface area (Å²) in [6, 6.07) is 15.6. The number of allylic oxidation sites excluding steroid dienone is 4. The third-order valence-corrected chi connectivity index (χ3v) is 7.78. The molecule has 4 aliphatic rings. The van der Waals surface area contributed by atoms with Crippen molar-refractivity contribution in [2.75, 3.05) is 5.73 Å². The maximum Gasteiger partial charge on any atom is 0.0911 e. The summed E-state index contributed by atoms with van der Waals surface area (Å²) < 4.78 is 0. The third-order valence-electron chi connectivity index (χ3n) is 7.78. The molecule has 0 spiro atoms. The van der Waals surface area contributed by atoms with E-state index in [9.17, 15) is 10.2 Å². The molecule has 0 aromatic heterocycles. The number of hydrogen-bond donors (Lipinski definition) is 4. The van der Waals surface area contributed by atoms with Crippen molar-refractivity contribution in [2.24, 2.45) is 5.73 Å². The van der Waals surface area contributed by atoms with Gasteiger partial charge in [0.25, 0.3) is 0 Å². The third kappa shape index (κ3) is 10.0. The summed E-state index contributed by atoms with van der Waals surface area (Å²) in [5.41, 5.74) is 15.7. The molecule has 4 nitrogen and oxygen atoms in total. The monoisotopic (exact) mass is 532 g/mol. The summed E-state index contributed by atoms with van der Waals surface area (Å²) in [7, 11) is 0. The van der Waals surface area contributed by atoms with Crippen LogP contribution in [0.15, 0.2) is 84.6 Å². The van der Waals surface area contributed by atoms with E-state index in [1.165, 1.54) is 36.8 Å². The lowest BCUT2D eigenvalue weighted by Gasteiger charge is -2.33. The number of nitrogens with two attached hydrogens (primary N) is 2. The average Bonchev–Trinajstić information content (AvgIpc) is 3.36. The second kappa shape index (κ2) is 15.7. The molecule has 6 rings (SSSR count). The van der Waals surface area contributed by atoms with Crippen LogP contribution in [0.4, 0.5) is 5.69 Å². The van der Waals surface area contributed by atoms with Gasteiger partial charge in [0, 0.05) is 17.8 Å². The van der Waals surface area contributed by atoms with Gasteiger partial charge in [0.05, 0.1) is 11.2 Å². The summed E-state index contributed by atoms with van der Waals surface area (Å²) in [5.74, 6) is 0.556. The maximum absolute atomic E-state index is 10.3. The van der Waals surface area contributed by atoms with Crippen molar-refractivity contribution in [2.45, 2.75) is 109 Å². The van der Waals surface area contributed by atoms with Crippen molar-refractivity contribution in [3.05, 3.63) is 101 Å². The fraction of sp³-hybridized carbons (Fsp3) is 0.486. The molecule has 4 heteroatoms. The van der Waals surface area contributed by atoms with E-state index in [-0.39, 0.29) is 0 Å².